The van der Waals surface area contributed by atoms with Crippen molar-refractivity contribution in [2.75, 3.05) is 6.61 Å². The maximum Gasteiger partial charge on any atom is 0.0960 e. The van der Waals surface area contributed by atoms with E-state index in [0.29, 0.717) is 0 Å². The fourth-order valence-corrected chi connectivity index (χ4v) is 0.592. The van der Waals surface area contributed by atoms with E-state index in [9.17, 15) is 0 Å². The molecule has 0 heterocycles. The van der Waals surface area contributed by atoms with Gasteiger partial charge in [-0.05, 0) is 42.3 Å². The number of rotatable bonds is 3. The first-order chi connectivity index (χ1) is 7.31. The van der Waals surface area contributed by atoms with Gasteiger partial charge in [0.05, 0.1) is 12.7 Å². The number of allylic oxidation sites excluding steroid dienone is 1. The molecule has 0 aliphatic carbocycles. The molecule has 2 nitrogen and oxygen atoms in total. The van der Waals surface area contributed by atoms with E-state index in [1.807, 2.05) is 0 Å². The third-order valence-corrected chi connectivity index (χ3v) is 1.31. The van der Waals surface area contributed by atoms with Gasteiger partial charge in [0.1, 0.15) is 0 Å². The van der Waals surface area contributed by atoms with Crippen molar-refractivity contribution in [1.29, 1.82) is 0 Å². The highest BCUT2D eigenvalue weighted by Gasteiger charge is 1.90. The maximum absolute atomic E-state index is 8.89. The lowest BCUT2D eigenvalue weighted by molar-refractivity contribution is 0.131. The van der Waals surface area contributed by atoms with Gasteiger partial charge in [-0.2, -0.15) is 0 Å². The van der Waals surface area contributed by atoms with E-state index in [-0.39, 0.29) is 6.61 Å². The average molecular weight is 202 g/mol. The van der Waals surface area contributed by atoms with Gasteiger partial charge in [0, 0.05) is 6.42 Å². The SMILES string of the molecule is CCCC#CC#CC#C/C=C\[C@H](O)CO. The van der Waals surface area contributed by atoms with Crippen molar-refractivity contribution < 1.29 is 10.2 Å². The molecule has 0 bridgehead atoms. The summed E-state index contributed by atoms with van der Waals surface area (Å²) in [4.78, 5) is 0. The molecule has 15 heavy (non-hydrogen) atoms. The molecule has 0 aromatic rings. The summed E-state index contributed by atoms with van der Waals surface area (Å²) in [5.41, 5.74) is 0. The van der Waals surface area contributed by atoms with Crippen molar-refractivity contribution in [3.05, 3.63) is 12.2 Å². The Hall–Kier alpha value is -1.66. The fourth-order valence-electron chi connectivity index (χ4n) is 0.592. The highest BCUT2D eigenvalue weighted by atomic mass is 16.3. The number of aliphatic hydroxyl groups excluding tert-OH is 2. The molecule has 0 aromatic heterocycles. The predicted molar refractivity (Wildman–Crippen MR) is 60.5 cm³/mol. The molecule has 78 valence electrons. The van der Waals surface area contributed by atoms with Crippen LogP contribution in [0.15, 0.2) is 12.2 Å². The van der Waals surface area contributed by atoms with Crippen molar-refractivity contribution in [3.8, 4) is 35.5 Å². The lowest BCUT2D eigenvalue weighted by Crippen LogP contribution is -2.06. The molecule has 0 amide bonds. The molecule has 0 unspecified atom stereocenters. The minimum absolute atomic E-state index is 0.299. The van der Waals surface area contributed by atoms with Crippen LogP contribution in [0, 0.1) is 35.5 Å². The van der Waals surface area contributed by atoms with Gasteiger partial charge in [0.2, 0.25) is 0 Å². The second-order valence-corrected chi connectivity index (χ2v) is 2.68. The molecule has 0 spiro atoms. The molecule has 0 saturated carbocycles. The van der Waals surface area contributed by atoms with Crippen LogP contribution in [0.1, 0.15) is 19.8 Å². The van der Waals surface area contributed by atoms with Gasteiger partial charge in [-0.1, -0.05) is 18.8 Å². The van der Waals surface area contributed by atoms with Crippen molar-refractivity contribution in [2.24, 2.45) is 0 Å². The summed E-state index contributed by atoms with van der Waals surface area (Å²) in [5.74, 6) is 15.8. The number of unbranched alkanes of at least 4 members (excludes halogenated alkanes) is 1. The molecule has 0 radical (unpaired) electrons. The second kappa shape index (κ2) is 10.4. The van der Waals surface area contributed by atoms with Crippen LogP contribution in [0.3, 0.4) is 0 Å². The first-order valence-corrected chi connectivity index (χ1v) is 4.75. The number of hydrogen-bond donors (Lipinski definition) is 2. The normalized spacial score (nSPS) is 10.3. The molecule has 0 aliphatic heterocycles. The summed E-state index contributed by atoms with van der Waals surface area (Å²) in [7, 11) is 0. The molecular weight excluding hydrogens is 188 g/mol. The van der Waals surface area contributed by atoms with E-state index >= 15 is 0 Å². The monoisotopic (exact) mass is 202 g/mol. The Balaban J connectivity index is 3.90. The summed E-state index contributed by atoms with van der Waals surface area (Å²) >= 11 is 0. The van der Waals surface area contributed by atoms with Gasteiger partial charge in [-0.25, -0.2) is 0 Å². The smallest absolute Gasteiger partial charge is 0.0960 e. The Kier molecular flexibility index (Phi) is 9.27. The van der Waals surface area contributed by atoms with Crippen LogP contribution in [0.4, 0.5) is 0 Å². The molecular formula is C13H14O2. The second-order valence-electron chi connectivity index (χ2n) is 2.68. The van der Waals surface area contributed by atoms with Crippen LogP contribution < -0.4 is 0 Å². The fraction of sp³-hybridized carbons (Fsp3) is 0.385. The Morgan fingerprint density at radius 1 is 1.20 bits per heavy atom. The minimum Gasteiger partial charge on any atom is -0.393 e. The number of aliphatic hydroxyl groups is 2. The van der Waals surface area contributed by atoms with Crippen molar-refractivity contribution in [1.82, 2.24) is 0 Å². The molecule has 0 saturated heterocycles. The summed E-state index contributed by atoms with van der Waals surface area (Å²) in [6, 6.07) is 0. The average Bonchev–Trinajstić information content (AvgIpc) is 2.26. The molecule has 0 rings (SSSR count). The summed E-state index contributed by atoms with van der Waals surface area (Å²) in [5, 5.41) is 17.4. The first kappa shape index (κ1) is 13.3. The third kappa shape index (κ3) is 10.3. The van der Waals surface area contributed by atoms with Gasteiger partial charge < -0.3 is 10.2 Å². The summed E-state index contributed by atoms with van der Waals surface area (Å²) in [6.45, 7) is 1.76. The largest absolute Gasteiger partial charge is 0.393 e. The Morgan fingerprint density at radius 2 is 1.93 bits per heavy atom. The van der Waals surface area contributed by atoms with Crippen molar-refractivity contribution in [2.45, 2.75) is 25.9 Å². The Morgan fingerprint density at radius 3 is 2.60 bits per heavy atom. The highest BCUT2D eigenvalue weighted by molar-refractivity contribution is 5.37. The predicted octanol–water partition coefficient (Wildman–Crippen LogP) is 0.706. The Bertz CT molecular complexity index is 361. The zero-order valence-electron chi connectivity index (χ0n) is 8.75. The van der Waals surface area contributed by atoms with Crippen LogP contribution >= 0.6 is 0 Å². The zero-order chi connectivity index (χ0) is 11.4. The van der Waals surface area contributed by atoms with Gasteiger partial charge in [0.15, 0.2) is 0 Å². The van der Waals surface area contributed by atoms with E-state index < -0.39 is 6.10 Å². The quantitative estimate of drug-likeness (QED) is 0.662. The van der Waals surface area contributed by atoms with E-state index in [1.54, 1.807) is 0 Å². The first-order valence-electron chi connectivity index (χ1n) is 4.75. The summed E-state index contributed by atoms with van der Waals surface area (Å²) < 4.78 is 0. The van der Waals surface area contributed by atoms with Crippen LogP contribution in [0.5, 0.6) is 0 Å². The van der Waals surface area contributed by atoms with Gasteiger partial charge in [0.25, 0.3) is 0 Å². The van der Waals surface area contributed by atoms with E-state index in [1.165, 1.54) is 12.2 Å². The van der Waals surface area contributed by atoms with Gasteiger partial charge in [-0.15, -0.1) is 0 Å². The lowest BCUT2D eigenvalue weighted by atomic mass is 10.3. The Labute approximate surface area is 91.0 Å². The molecule has 0 aliphatic rings. The summed E-state index contributed by atoms with van der Waals surface area (Å²) in [6.07, 6.45) is 3.89. The molecule has 1 atom stereocenters. The van der Waals surface area contributed by atoms with Crippen LogP contribution in [0.2, 0.25) is 0 Å². The van der Waals surface area contributed by atoms with Gasteiger partial charge >= 0.3 is 0 Å². The molecule has 0 aromatic carbocycles. The third-order valence-electron chi connectivity index (χ3n) is 1.31. The molecule has 2 N–H and O–H groups in total. The topological polar surface area (TPSA) is 40.5 Å². The minimum atomic E-state index is -0.850. The molecule has 2 heteroatoms. The standard InChI is InChI=1S/C13H14O2/c1-2-3-4-5-6-7-8-9-10-11-13(15)12-14/h10-11,13-15H,2-3,12H2,1H3/b11-10-/t13-/m0/s1. The van der Waals surface area contributed by atoms with Gasteiger partial charge in [-0.3, -0.25) is 0 Å². The van der Waals surface area contributed by atoms with Crippen molar-refractivity contribution in [3.63, 3.8) is 0 Å². The van der Waals surface area contributed by atoms with E-state index in [0.717, 1.165) is 12.8 Å². The van der Waals surface area contributed by atoms with E-state index in [4.69, 9.17) is 10.2 Å². The van der Waals surface area contributed by atoms with E-state index in [2.05, 4.69) is 42.4 Å². The van der Waals surface area contributed by atoms with Crippen LogP contribution in [-0.2, 0) is 0 Å². The molecule has 0 fully saturated rings. The maximum atomic E-state index is 8.89. The van der Waals surface area contributed by atoms with Crippen LogP contribution in [0.25, 0.3) is 0 Å². The lowest BCUT2D eigenvalue weighted by Gasteiger charge is -1.94. The van der Waals surface area contributed by atoms with Crippen LogP contribution in [-0.4, -0.2) is 22.9 Å². The van der Waals surface area contributed by atoms with Crippen molar-refractivity contribution >= 4 is 0 Å². The highest BCUT2D eigenvalue weighted by Crippen LogP contribution is 1.81. The zero-order valence-corrected chi connectivity index (χ0v) is 8.75. The number of hydrogen-bond acceptors (Lipinski definition) is 2.